The summed E-state index contributed by atoms with van der Waals surface area (Å²) >= 11 is 1.62. The molecule has 0 aliphatic carbocycles. The average Bonchev–Trinajstić information content (AvgIpc) is 2.67. The molecule has 0 spiro atoms. The fourth-order valence-electron chi connectivity index (χ4n) is 3.58. The Morgan fingerprint density at radius 2 is 2.08 bits per heavy atom. The highest BCUT2D eigenvalue weighted by Gasteiger charge is 2.32. The standard InChI is InChI=1S/C19H24N2O4S/c1-20(12-16(22)21-9-4-6-14(11-21)19(24)25)18(23)17-15-7-3-2-5-13(15)8-10-26-17/h2-3,5,7,14,17H,4,6,8-12H2,1H3,(H,24,25). The lowest BCUT2D eigenvalue weighted by atomic mass is 9.98. The fourth-order valence-corrected chi connectivity index (χ4v) is 4.89. The molecule has 0 saturated carbocycles. The number of likely N-dealkylation sites (N-methyl/N-ethyl adjacent to an activating group) is 1. The Kier molecular flexibility index (Phi) is 5.86. The Hall–Kier alpha value is -2.02. The number of amides is 2. The maximum Gasteiger partial charge on any atom is 0.308 e. The van der Waals surface area contributed by atoms with Crippen molar-refractivity contribution in [2.45, 2.75) is 24.5 Å². The minimum absolute atomic E-state index is 0.00952. The lowest BCUT2D eigenvalue weighted by Crippen LogP contribution is -2.47. The van der Waals surface area contributed by atoms with Crippen molar-refractivity contribution in [3.8, 4) is 0 Å². The Balaban J connectivity index is 1.63. The van der Waals surface area contributed by atoms with E-state index in [0.717, 1.165) is 17.7 Å². The number of rotatable bonds is 4. The summed E-state index contributed by atoms with van der Waals surface area (Å²) in [7, 11) is 1.65. The van der Waals surface area contributed by atoms with Crippen LogP contribution in [0.1, 0.15) is 29.2 Å². The molecule has 2 atom stereocenters. The van der Waals surface area contributed by atoms with Gasteiger partial charge in [0.15, 0.2) is 0 Å². The summed E-state index contributed by atoms with van der Waals surface area (Å²) in [6.07, 6.45) is 2.24. The summed E-state index contributed by atoms with van der Waals surface area (Å²) in [5.74, 6) is -0.721. The number of carbonyl (C=O) groups excluding carboxylic acids is 2. The van der Waals surface area contributed by atoms with Crippen LogP contribution < -0.4 is 0 Å². The maximum absolute atomic E-state index is 12.9. The van der Waals surface area contributed by atoms with Crippen LogP contribution in [0.15, 0.2) is 24.3 Å². The van der Waals surface area contributed by atoms with Crippen LogP contribution in [0.25, 0.3) is 0 Å². The molecule has 26 heavy (non-hydrogen) atoms. The molecular weight excluding hydrogens is 352 g/mol. The third kappa shape index (κ3) is 4.03. The molecule has 140 valence electrons. The van der Waals surface area contributed by atoms with Crippen LogP contribution in [0.5, 0.6) is 0 Å². The molecule has 7 heteroatoms. The Morgan fingerprint density at radius 1 is 1.31 bits per heavy atom. The van der Waals surface area contributed by atoms with Gasteiger partial charge in [-0.1, -0.05) is 24.3 Å². The number of fused-ring (bicyclic) bond motifs is 1. The van der Waals surface area contributed by atoms with Crippen molar-refractivity contribution < 1.29 is 19.5 Å². The van der Waals surface area contributed by atoms with Gasteiger partial charge in [-0.15, -0.1) is 11.8 Å². The minimum Gasteiger partial charge on any atom is -0.481 e. The van der Waals surface area contributed by atoms with Crippen LogP contribution in [-0.4, -0.2) is 65.1 Å². The van der Waals surface area contributed by atoms with E-state index >= 15 is 0 Å². The van der Waals surface area contributed by atoms with E-state index in [1.54, 1.807) is 23.7 Å². The second kappa shape index (κ2) is 8.12. The summed E-state index contributed by atoms with van der Waals surface area (Å²) < 4.78 is 0. The van der Waals surface area contributed by atoms with Gasteiger partial charge in [-0.25, -0.2) is 0 Å². The van der Waals surface area contributed by atoms with Crippen molar-refractivity contribution in [2.24, 2.45) is 5.92 Å². The van der Waals surface area contributed by atoms with Crippen LogP contribution in [0.4, 0.5) is 0 Å². The van der Waals surface area contributed by atoms with E-state index in [1.807, 2.05) is 18.2 Å². The highest BCUT2D eigenvalue weighted by molar-refractivity contribution is 8.00. The monoisotopic (exact) mass is 376 g/mol. The first kappa shape index (κ1) is 18.8. The third-order valence-corrected chi connectivity index (χ3v) is 6.32. The van der Waals surface area contributed by atoms with Crippen molar-refractivity contribution in [1.29, 1.82) is 0 Å². The van der Waals surface area contributed by atoms with Crippen LogP contribution in [0.2, 0.25) is 0 Å². The molecule has 1 aromatic carbocycles. The molecule has 0 aromatic heterocycles. The first-order chi connectivity index (χ1) is 12.5. The normalized spacial score (nSPS) is 22.4. The second-order valence-corrected chi connectivity index (χ2v) is 8.12. The van der Waals surface area contributed by atoms with Crippen LogP contribution in [0, 0.1) is 5.92 Å². The zero-order valence-electron chi connectivity index (χ0n) is 14.9. The fraction of sp³-hybridized carbons (Fsp3) is 0.526. The smallest absolute Gasteiger partial charge is 0.308 e. The summed E-state index contributed by atoms with van der Waals surface area (Å²) in [6.45, 7) is 0.785. The molecule has 2 heterocycles. The third-order valence-electron chi connectivity index (χ3n) is 5.09. The van der Waals surface area contributed by atoms with E-state index in [0.29, 0.717) is 19.4 Å². The number of thioether (sulfide) groups is 1. The maximum atomic E-state index is 12.9. The topological polar surface area (TPSA) is 77.9 Å². The Morgan fingerprint density at radius 3 is 2.85 bits per heavy atom. The number of aryl methyl sites for hydroxylation is 1. The molecule has 2 unspecified atom stereocenters. The highest BCUT2D eigenvalue weighted by Crippen LogP contribution is 2.37. The summed E-state index contributed by atoms with van der Waals surface area (Å²) in [5, 5.41) is 8.89. The van der Waals surface area contributed by atoms with Crippen molar-refractivity contribution in [2.75, 3.05) is 32.4 Å². The minimum atomic E-state index is -0.859. The van der Waals surface area contributed by atoms with Crippen molar-refractivity contribution in [3.63, 3.8) is 0 Å². The lowest BCUT2D eigenvalue weighted by molar-refractivity contribution is -0.147. The molecule has 1 saturated heterocycles. The van der Waals surface area contributed by atoms with Crippen LogP contribution in [0.3, 0.4) is 0 Å². The van der Waals surface area contributed by atoms with Crippen molar-refractivity contribution >= 4 is 29.5 Å². The largest absolute Gasteiger partial charge is 0.481 e. The van der Waals surface area contributed by atoms with Gasteiger partial charge in [0.2, 0.25) is 11.8 Å². The number of nitrogens with zero attached hydrogens (tertiary/aromatic N) is 2. The molecular formula is C19H24N2O4S. The zero-order valence-corrected chi connectivity index (χ0v) is 15.7. The van der Waals surface area contributed by atoms with Gasteiger partial charge in [-0.3, -0.25) is 14.4 Å². The molecule has 0 radical (unpaired) electrons. The molecule has 6 nitrogen and oxygen atoms in total. The van der Waals surface area contributed by atoms with E-state index < -0.39 is 11.9 Å². The van der Waals surface area contributed by atoms with Gasteiger partial charge in [0, 0.05) is 20.1 Å². The van der Waals surface area contributed by atoms with Gasteiger partial charge in [-0.05, 0) is 36.1 Å². The number of carboxylic acids is 1. The Bertz CT molecular complexity index is 709. The summed E-state index contributed by atoms with van der Waals surface area (Å²) in [5.41, 5.74) is 2.24. The van der Waals surface area contributed by atoms with E-state index in [2.05, 4.69) is 6.07 Å². The molecule has 1 fully saturated rings. The first-order valence-electron chi connectivity index (χ1n) is 8.92. The molecule has 2 amide bonds. The summed E-state index contributed by atoms with van der Waals surface area (Å²) in [4.78, 5) is 39.7. The van der Waals surface area contributed by atoms with Gasteiger partial charge >= 0.3 is 5.97 Å². The second-order valence-electron chi connectivity index (χ2n) is 6.91. The van der Waals surface area contributed by atoms with Gasteiger partial charge < -0.3 is 14.9 Å². The number of hydrogen-bond donors (Lipinski definition) is 1. The number of piperidine rings is 1. The van der Waals surface area contributed by atoms with E-state index in [1.165, 1.54) is 10.5 Å². The van der Waals surface area contributed by atoms with E-state index in [9.17, 15) is 14.4 Å². The molecule has 2 aliphatic heterocycles. The number of benzene rings is 1. The van der Waals surface area contributed by atoms with Crippen LogP contribution >= 0.6 is 11.8 Å². The SMILES string of the molecule is CN(CC(=O)N1CCCC(C(=O)O)C1)C(=O)C1SCCc2ccccc21. The van der Waals surface area contributed by atoms with E-state index in [4.69, 9.17) is 5.11 Å². The summed E-state index contributed by atoms with van der Waals surface area (Å²) in [6, 6.07) is 7.97. The van der Waals surface area contributed by atoms with Gasteiger partial charge in [-0.2, -0.15) is 0 Å². The average molecular weight is 376 g/mol. The van der Waals surface area contributed by atoms with E-state index in [-0.39, 0.29) is 30.2 Å². The molecule has 0 bridgehead atoms. The first-order valence-corrected chi connectivity index (χ1v) is 9.97. The number of hydrogen-bond acceptors (Lipinski definition) is 4. The predicted octanol–water partition coefficient (Wildman–Crippen LogP) is 1.80. The number of aliphatic carboxylic acids is 1. The van der Waals surface area contributed by atoms with Crippen LogP contribution in [-0.2, 0) is 20.8 Å². The van der Waals surface area contributed by atoms with Gasteiger partial charge in [0.1, 0.15) is 5.25 Å². The lowest BCUT2D eigenvalue weighted by Gasteiger charge is -2.33. The molecule has 2 aliphatic rings. The number of carboxylic acid groups (broad SMARTS) is 1. The molecule has 1 N–H and O–H groups in total. The molecule has 3 rings (SSSR count). The van der Waals surface area contributed by atoms with Crippen molar-refractivity contribution in [1.82, 2.24) is 9.80 Å². The molecule has 1 aromatic rings. The van der Waals surface area contributed by atoms with Gasteiger partial charge in [0.05, 0.1) is 12.5 Å². The van der Waals surface area contributed by atoms with Gasteiger partial charge in [0.25, 0.3) is 0 Å². The number of carbonyl (C=O) groups is 3. The quantitative estimate of drug-likeness (QED) is 0.867. The van der Waals surface area contributed by atoms with Crippen molar-refractivity contribution in [3.05, 3.63) is 35.4 Å². The zero-order chi connectivity index (χ0) is 18.7. The Labute approximate surface area is 157 Å². The number of likely N-dealkylation sites (tertiary alicyclic amines) is 1. The highest BCUT2D eigenvalue weighted by atomic mass is 32.2. The predicted molar refractivity (Wildman–Crippen MR) is 99.9 cm³/mol.